The molecule has 1 heterocycles. The summed E-state index contributed by atoms with van der Waals surface area (Å²) in [5, 5.41) is 3.36. The van der Waals surface area contributed by atoms with Crippen molar-refractivity contribution in [3.63, 3.8) is 0 Å². The number of benzene rings is 2. The van der Waals surface area contributed by atoms with Crippen LogP contribution in [0, 0.1) is 0 Å². The lowest BCUT2D eigenvalue weighted by atomic mass is 10.1. The number of ether oxygens (including phenoxy) is 2. The Morgan fingerprint density at radius 2 is 2.00 bits per heavy atom. The van der Waals surface area contributed by atoms with Gasteiger partial charge in [0, 0.05) is 32.9 Å². The van der Waals surface area contributed by atoms with Crippen LogP contribution in [0.3, 0.4) is 0 Å². The van der Waals surface area contributed by atoms with Gasteiger partial charge in [0.05, 0.1) is 12.7 Å². The van der Waals surface area contributed by atoms with Crippen molar-refractivity contribution >= 4 is 11.5 Å². The van der Waals surface area contributed by atoms with Crippen LogP contribution < -0.4 is 19.7 Å². The van der Waals surface area contributed by atoms with Crippen LogP contribution >= 0.6 is 0 Å². The molecule has 0 aliphatic carbocycles. The topological polar surface area (TPSA) is 46.1 Å². The van der Waals surface area contributed by atoms with Crippen molar-refractivity contribution in [2.45, 2.75) is 13.0 Å². The first kappa shape index (κ1) is 17.1. The smallest absolute Gasteiger partial charge is 0.172 e. The summed E-state index contributed by atoms with van der Waals surface area (Å²) in [6.45, 7) is 2.24. The van der Waals surface area contributed by atoms with E-state index in [9.17, 15) is 0 Å². The molecule has 0 fully saturated rings. The van der Waals surface area contributed by atoms with Crippen LogP contribution in [0.25, 0.3) is 0 Å². The van der Waals surface area contributed by atoms with E-state index in [-0.39, 0.29) is 0 Å². The van der Waals surface area contributed by atoms with Gasteiger partial charge in [-0.05, 0) is 36.2 Å². The molecule has 1 aliphatic heterocycles. The molecule has 0 spiro atoms. The van der Waals surface area contributed by atoms with Crippen LogP contribution in [0.1, 0.15) is 17.5 Å². The third kappa shape index (κ3) is 4.05. The second-order valence-electron chi connectivity index (χ2n) is 6.20. The zero-order valence-electron chi connectivity index (χ0n) is 15.1. The molecule has 0 aromatic heterocycles. The van der Waals surface area contributed by atoms with Gasteiger partial charge >= 0.3 is 0 Å². The van der Waals surface area contributed by atoms with Crippen molar-refractivity contribution in [2.24, 2.45) is 4.99 Å². The number of aliphatic imine (C=N–C) groups is 1. The minimum Gasteiger partial charge on any atom is -0.493 e. The van der Waals surface area contributed by atoms with Gasteiger partial charge in [0.1, 0.15) is 12.4 Å². The monoisotopic (exact) mass is 339 g/mol. The number of methoxy groups -OCH3 is 1. The van der Waals surface area contributed by atoms with Crippen LogP contribution in [-0.2, 0) is 6.61 Å². The van der Waals surface area contributed by atoms with Crippen molar-refractivity contribution < 1.29 is 9.47 Å². The first-order valence-corrected chi connectivity index (χ1v) is 8.54. The van der Waals surface area contributed by atoms with Crippen molar-refractivity contribution in [3.8, 4) is 11.5 Å². The SMILES string of the molecule is COc1cccc(C2=NCCCN2)c1OCc1cccc(N(C)C)c1. The highest BCUT2D eigenvalue weighted by atomic mass is 16.5. The largest absolute Gasteiger partial charge is 0.493 e. The number of anilines is 1. The number of nitrogens with one attached hydrogen (secondary N) is 1. The highest BCUT2D eigenvalue weighted by molar-refractivity contribution is 6.02. The normalized spacial score (nSPS) is 13.6. The van der Waals surface area contributed by atoms with Crippen molar-refractivity contribution in [1.82, 2.24) is 5.32 Å². The summed E-state index contributed by atoms with van der Waals surface area (Å²) in [7, 11) is 5.73. The lowest BCUT2D eigenvalue weighted by Gasteiger charge is -2.20. The standard InChI is InChI=1S/C20H25N3O2/c1-23(2)16-8-4-7-15(13-16)14-25-19-17(9-5-10-18(19)24-3)20-21-11-6-12-22-20/h4-5,7-10,13H,6,11-12,14H2,1-3H3,(H,21,22). The van der Waals surface area contributed by atoms with Crippen LogP contribution in [0.2, 0.25) is 0 Å². The maximum Gasteiger partial charge on any atom is 0.172 e. The highest BCUT2D eigenvalue weighted by Crippen LogP contribution is 2.32. The van der Waals surface area contributed by atoms with Gasteiger partial charge < -0.3 is 19.7 Å². The van der Waals surface area contributed by atoms with E-state index in [2.05, 4.69) is 33.4 Å². The molecule has 1 N–H and O–H groups in total. The fourth-order valence-electron chi connectivity index (χ4n) is 2.80. The molecule has 25 heavy (non-hydrogen) atoms. The molecular weight excluding hydrogens is 314 g/mol. The molecule has 0 unspecified atom stereocenters. The van der Waals surface area contributed by atoms with E-state index in [1.54, 1.807) is 7.11 Å². The Bertz CT molecular complexity index is 756. The van der Waals surface area contributed by atoms with Gasteiger partial charge in [-0.25, -0.2) is 0 Å². The third-order valence-electron chi connectivity index (χ3n) is 4.16. The minimum absolute atomic E-state index is 0.475. The van der Waals surface area contributed by atoms with E-state index in [0.29, 0.717) is 6.61 Å². The summed E-state index contributed by atoms with van der Waals surface area (Å²) < 4.78 is 11.7. The maximum atomic E-state index is 6.17. The van der Waals surface area contributed by atoms with Crippen LogP contribution in [0.4, 0.5) is 5.69 Å². The van der Waals surface area contributed by atoms with Crippen molar-refractivity contribution in [1.29, 1.82) is 0 Å². The first-order chi connectivity index (χ1) is 12.2. The number of rotatable bonds is 6. The van der Waals surface area contributed by atoms with Gasteiger partial charge in [0.15, 0.2) is 11.5 Å². The molecule has 5 nitrogen and oxygen atoms in total. The van der Waals surface area contributed by atoms with Crippen molar-refractivity contribution in [2.75, 3.05) is 39.2 Å². The fraction of sp³-hybridized carbons (Fsp3) is 0.350. The molecule has 2 aromatic carbocycles. The zero-order valence-corrected chi connectivity index (χ0v) is 15.1. The van der Waals surface area contributed by atoms with E-state index in [0.717, 1.165) is 53.7 Å². The van der Waals surface area contributed by atoms with E-state index < -0.39 is 0 Å². The average molecular weight is 339 g/mol. The number of para-hydroxylation sites is 1. The molecule has 5 heteroatoms. The van der Waals surface area contributed by atoms with Crippen molar-refractivity contribution in [3.05, 3.63) is 53.6 Å². The van der Waals surface area contributed by atoms with E-state index in [1.807, 2.05) is 38.4 Å². The number of amidine groups is 1. The Balaban J connectivity index is 1.86. The summed E-state index contributed by atoms with van der Waals surface area (Å²) in [5.41, 5.74) is 3.21. The predicted molar refractivity (Wildman–Crippen MR) is 102 cm³/mol. The Hall–Kier alpha value is -2.69. The molecule has 0 saturated heterocycles. The summed E-state index contributed by atoms with van der Waals surface area (Å²) in [6.07, 6.45) is 1.06. The van der Waals surface area contributed by atoms with Gasteiger partial charge in [-0.2, -0.15) is 0 Å². The van der Waals surface area contributed by atoms with Gasteiger partial charge in [-0.15, -0.1) is 0 Å². The summed E-state index contributed by atoms with van der Waals surface area (Å²) in [4.78, 5) is 6.67. The van der Waals surface area contributed by atoms with Crippen LogP contribution in [0.5, 0.6) is 11.5 Å². The fourth-order valence-corrected chi connectivity index (χ4v) is 2.80. The Kier molecular flexibility index (Phi) is 5.43. The lowest BCUT2D eigenvalue weighted by Crippen LogP contribution is -2.30. The molecule has 0 amide bonds. The summed E-state index contributed by atoms with van der Waals surface area (Å²) >= 11 is 0. The van der Waals surface area contributed by atoms with Gasteiger partial charge in [-0.3, -0.25) is 4.99 Å². The van der Waals surface area contributed by atoms with Crippen LogP contribution in [-0.4, -0.2) is 40.1 Å². The third-order valence-corrected chi connectivity index (χ3v) is 4.16. The molecule has 0 atom stereocenters. The lowest BCUT2D eigenvalue weighted by molar-refractivity contribution is 0.284. The molecule has 0 radical (unpaired) electrons. The molecule has 2 aromatic rings. The zero-order chi connectivity index (χ0) is 17.6. The highest BCUT2D eigenvalue weighted by Gasteiger charge is 2.17. The number of hydrogen-bond donors (Lipinski definition) is 1. The Labute approximate surface area is 149 Å². The van der Waals surface area contributed by atoms with E-state index in [1.165, 1.54) is 0 Å². The van der Waals surface area contributed by atoms with Gasteiger partial charge in [0.2, 0.25) is 0 Å². The summed E-state index contributed by atoms with van der Waals surface area (Å²) in [5.74, 6) is 2.33. The molecule has 0 bridgehead atoms. The number of hydrogen-bond acceptors (Lipinski definition) is 5. The minimum atomic E-state index is 0.475. The quantitative estimate of drug-likeness (QED) is 0.878. The second-order valence-corrected chi connectivity index (χ2v) is 6.20. The average Bonchev–Trinajstić information content (AvgIpc) is 2.67. The Morgan fingerprint density at radius 3 is 2.72 bits per heavy atom. The first-order valence-electron chi connectivity index (χ1n) is 8.54. The Morgan fingerprint density at radius 1 is 1.16 bits per heavy atom. The van der Waals surface area contributed by atoms with E-state index >= 15 is 0 Å². The predicted octanol–water partition coefficient (Wildman–Crippen LogP) is 3.08. The summed E-state index contributed by atoms with van der Waals surface area (Å²) in [6, 6.07) is 14.2. The number of nitrogens with zero attached hydrogens (tertiary/aromatic N) is 2. The second kappa shape index (κ2) is 7.92. The maximum absolute atomic E-state index is 6.17. The molecule has 132 valence electrons. The molecule has 0 saturated carbocycles. The van der Waals surface area contributed by atoms with Gasteiger partial charge in [0.25, 0.3) is 0 Å². The van der Waals surface area contributed by atoms with Crippen LogP contribution in [0.15, 0.2) is 47.5 Å². The van der Waals surface area contributed by atoms with E-state index in [4.69, 9.17) is 9.47 Å². The molecule has 1 aliphatic rings. The molecule has 3 rings (SSSR count). The molecular formula is C20H25N3O2. The van der Waals surface area contributed by atoms with Gasteiger partial charge in [-0.1, -0.05) is 18.2 Å².